The van der Waals surface area contributed by atoms with Crippen LogP contribution in [-0.2, 0) is 0 Å². The molecule has 3 aromatic rings. The summed E-state index contributed by atoms with van der Waals surface area (Å²) in [6.45, 7) is 5.21. The molecule has 184 valence electrons. The number of phenols is 1. The minimum atomic E-state index is -0.619. The number of hydrogen-bond acceptors (Lipinski definition) is 4. The fourth-order valence-corrected chi connectivity index (χ4v) is 4.14. The molecule has 0 aromatic heterocycles. The molecule has 0 amide bonds. The van der Waals surface area contributed by atoms with E-state index >= 15 is 0 Å². The number of likely N-dealkylation sites (tertiary alicyclic amines) is 1. The Balaban J connectivity index is 0.000000172. The van der Waals surface area contributed by atoms with Crippen LogP contribution in [0.4, 0.5) is 13.2 Å². The number of benzene rings is 3. The molecule has 2 aliphatic rings. The normalized spacial score (nSPS) is 15.4. The standard InChI is InChI=1S/C16H12F2O2.C12H16FNO/c1-9-13-7-11(19)3-5-16(13)20-8-14(9)12-4-2-10(17)6-15(12)18;13-8-11-9-14(10-11)6-7-15-12-4-2-1-3-5-12/h2-7,19H,8H2,1H3;1-5,11H,6-10H2. The van der Waals surface area contributed by atoms with Crippen LogP contribution in [0.3, 0.4) is 0 Å². The summed E-state index contributed by atoms with van der Waals surface area (Å²) in [6, 6.07) is 18.0. The average molecular weight is 484 g/mol. The van der Waals surface area contributed by atoms with E-state index in [9.17, 15) is 18.3 Å². The molecule has 0 aliphatic carbocycles. The Morgan fingerprint density at radius 2 is 1.77 bits per heavy atom. The van der Waals surface area contributed by atoms with Crippen molar-refractivity contribution >= 4 is 11.1 Å². The summed E-state index contributed by atoms with van der Waals surface area (Å²) < 4.78 is 50.1. The first-order valence-corrected chi connectivity index (χ1v) is 11.5. The van der Waals surface area contributed by atoms with Gasteiger partial charge in [-0.15, -0.1) is 0 Å². The Morgan fingerprint density at radius 1 is 1.00 bits per heavy atom. The molecule has 1 N–H and O–H groups in total. The third-order valence-corrected chi connectivity index (χ3v) is 6.12. The number of alkyl halides is 1. The Labute approximate surface area is 203 Å². The molecule has 1 fully saturated rings. The van der Waals surface area contributed by atoms with Gasteiger partial charge in [0.05, 0.1) is 6.67 Å². The summed E-state index contributed by atoms with van der Waals surface area (Å²) in [6.07, 6.45) is 0. The van der Waals surface area contributed by atoms with Crippen molar-refractivity contribution < 1.29 is 27.8 Å². The number of hydrogen-bond donors (Lipinski definition) is 1. The lowest BCUT2D eigenvalue weighted by atomic mass is 9.93. The first-order chi connectivity index (χ1) is 16.9. The van der Waals surface area contributed by atoms with E-state index in [1.165, 1.54) is 18.2 Å². The van der Waals surface area contributed by atoms with E-state index in [-0.39, 0.29) is 24.9 Å². The van der Waals surface area contributed by atoms with Crippen molar-refractivity contribution in [3.63, 3.8) is 0 Å². The van der Waals surface area contributed by atoms with Crippen LogP contribution in [-0.4, -0.2) is 49.5 Å². The van der Waals surface area contributed by atoms with Crippen molar-refractivity contribution in [2.24, 2.45) is 5.92 Å². The number of halogens is 3. The number of fused-ring (bicyclic) bond motifs is 1. The minimum absolute atomic E-state index is 0.118. The van der Waals surface area contributed by atoms with Gasteiger partial charge in [-0.25, -0.2) is 8.78 Å². The molecule has 0 spiro atoms. The quantitative estimate of drug-likeness (QED) is 0.470. The largest absolute Gasteiger partial charge is 0.508 e. The summed E-state index contributed by atoms with van der Waals surface area (Å²) in [5.41, 5.74) is 2.50. The summed E-state index contributed by atoms with van der Waals surface area (Å²) in [5.74, 6) is 0.701. The van der Waals surface area contributed by atoms with E-state index in [4.69, 9.17) is 9.47 Å². The molecule has 3 aromatic carbocycles. The van der Waals surface area contributed by atoms with E-state index < -0.39 is 11.6 Å². The third kappa shape index (κ3) is 6.17. The molecule has 1 saturated heterocycles. The summed E-state index contributed by atoms with van der Waals surface area (Å²) in [4.78, 5) is 2.22. The van der Waals surface area contributed by atoms with Gasteiger partial charge in [-0.2, -0.15) is 0 Å². The zero-order valence-corrected chi connectivity index (χ0v) is 19.5. The van der Waals surface area contributed by atoms with Crippen LogP contribution in [0.5, 0.6) is 17.2 Å². The second-order valence-electron chi connectivity index (χ2n) is 8.64. The molecule has 5 rings (SSSR count). The number of para-hydroxylation sites is 1. The van der Waals surface area contributed by atoms with Crippen LogP contribution >= 0.6 is 0 Å². The van der Waals surface area contributed by atoms with Gasteiger partial charge in [0.1, 0.15) is 42.1 Å². The van der Waals surface area contributed by atoms with Crippen LogP contribution in [0.25, 0.3) is 11.1 Å². The number of rotatable bonds is 6. The predicted octanol–water partition coefficient (Wildman–Crippen LogP) is 5.96. The van der Waals surface area contributed by atoms with E-state index in [0.717, 1.165) is 42.6 Å². The van der Waals surface area contributed by atoms with E-state index in [2.05, 4.69) is 4.90 Å². The Kier molecular flexibility index (Phi) is 7.98. The second kappa shape index (κ2) is 11.3. The maximum atomic E-state index is 13.9. The fourth-order valence-electron chi connectivity index (χ4n) is 4.14. The van der Waals surface area contributed by atoms with E-state index in [1.807, 2.05) is 37.3 Å². The number of nitrogens with zero attached hydrogens (tertiary/aromatic N) is 1. The van der Waals surface area contributed by atoms with Gasteiger partial charge in [0, 0.05) is 48.3 Å². The maximum Gasteiger partial charge on any atom is 0.133 e. The van der Waals surface area contributed by atoms with Crippen LogP contribution in [0.15, 0.2) is 66.7 Å². The monoisotopic (exact) mass is 483 g/mol. The lowest BCUT2D eigenvalue weighted by Crippen LogP contribution is -2.49. The van der Waals surface area contributed by atoms with Gasteiger partial charge in [0.25, 0.3) is 0 Å². The molecule has 2 heterocycles. The van der Waals surface area contributed by atoms with Crippen molar-refractivity contribution in [2.75, 3.05) is 39.5 Å². The molecule has 7 heteroatoms. The highest BCUT2D eigenvalue weighted by molar-refractivity contribution is 5.94. The third-order valence-electron chi connectivity index (χ3n) is 6.12. The molecule has 0 bridgehead atoms. The Bertz CT molecular complexity index is 1180. The summed E-state index contributed by atoms with van der Waals surface area (Å²) in [5, 5.41) is 9.55. The molecule has 4 nitrogen and oxygen atoms in total. The van der Waals surface area contributed by atoms with Crippen molar-refractivity contribution in [1.82, 2.24) is 4.90 Å². The Hall–Kier alpha value is -3.45. The second-order valence-corrected chi connectivity index (χ2v) is 8.64. The van der Waals surface area contributed by atoms with Gasteiger partial charge in [-0.05, 0) is 55.0 Å². The van der Waals surface area contributed by atoms with Crippen molar-refractivity contribution in [2.45, 2.75) is 6.92 Å². The first kappa shape index (κ1) is 24.7. The fraction of sp³-hybridized carbons (Fsp3) is 0.286. The smallest absolute Gasteiger partial charge is 0.133 e. The van der Waals surface area contributed by atoms with E-state index in [1.54, 1.807) is 12.1 Å². The highest BCUT2D eigenvalue weighted by Crippen LogP contribution is 2.39. The van der Waals surface area contributed by atoms with Crippen LogP contribution in [0.2, 0.25) is 0 Å². The van der Waals surface area contributed by atoms with Gasteiger partial charge in [0.15, 0.2) is 0 Å². The van der Waals surface area contributed by atoms with Gasteiger partial charge < -0.3 is 14.6 Å². The molecular formula is C28H28F3NO3. The van der Waals surface area contributed by atoms with Gasteiger partial charge >= 0.3 is 0 Å². The zero-order valence-electron chi connectivity index (χ0n) is 19.5. The van der Waals surface area contributed by atoms with Crippen molar-refractivity contribution in [3.05, 3.63) is 89.5 Å². The van der Waals surface area contributed by atoms with Gasteiger partial charge in [0.2, 0.25) is 0 Å². The SMILES string of the molecule is CC1=C(c2ccc(F)cc2F)COc2ccc(O)cc21.FCC1CN(CCOc2ccccc2)C1. The molecule has 0 atom stereocenters. The molecule has 35 heavy (non-hydrogen) atoms. The summed E-state index contributed by atoms with van der Waals surface area (Å²) in [7, 11) is 0. The molecule has 2 aliphatic heterocycles. The van der Waals surface area contributed by atoms with Crippen LogP contribution in [0, 0.1) is 17.6 Å². The zero-order chi connectivity index (χ0) is 24.8. The van der Waals surface area contributed by atoms with Crippen molar-refractivity contribution in [1.29, 1.82) is 0 Å². The van der Waals surface area contributed by atoms with Crippen LogP contribution < -0.4 is 9.47 Å². The van der Waals surface area contributed by atoms with Crippen LogP contribution in [0.1, 0.15) is 18.1 Å². The highest BCUT2D eigenvalue weighted by Gasteiger charge is 2.25. The number of ether oxygens (including phenoxy) is 2. The van der Waals surface area contributed by atoms with E-state index in [0.29, 0.717) is 23.5 Å². The molecular weight excluding hydrogens is 455 g/mol. The topological polar surface area (TPSA) is 41.9 Å². The molecule has 0 radical (unpaired) electrons. The first-order valence-electron chi connectivity index (χ1n) is 11.5. The lowest BCUT2D eigenvalue weighted by molar-refractivity contribution is 0.0668. The number of phenolic OH excluding ortho intramolecular Hbond substituents is 1. The number of aromatic hydroxyl groups is 1. The minimum Gasteiger partial charge on any atom is -0.508 e. The lowest BCUT2D eigenvalue weighted by Gasteiger charge is -2.37. The average Bonchev–Trinajstić information content (AvgIpc) is 2.83. The van der Waals surface area contributed by atoms with Gasteiger partial charge in [-0.3, -0.25) is 9.29 Å². The molecule has 0 saturated carbocycles. The van der Waals surface area contributed by atoms with Gasteiger partial charge in [-0.1, -0.05) is 18.2 Å². The summed E-state index contributed by atoms with van der Waals surface area (Å²) >= 11 is 0. The highest BCUT2D eigenvalue weighted by atomic mass is 19.1. The van der Waals surface area contributed by atoms with Crippen molar-refractivity contribution in [3.8, 4) is 17.2 Å². The molecule has 0 unspecified atom stereocenters. The predicted molar refractivity (Wildman–Crippen MR) is 130 cm³/mol. The Morgan fingerprint density at radius 3 is 2.49 bits per heavy atom. The maximum absolute atomic E-state index is 13.9. The number of allylic oxidation sites excluding steroid dienone is 1.